The van der Waals surface area contributed by atoms with Gasteiger partial charge in [-0.15, -0.1) is 0 Å². The molecule has 0 amide bonds. The fraction of sp³-hybridized carbons (Fsp3) is 0.417. The Labute approximate surface area is 101 Å². The van der Waals surface area contributed by atoms with Gasteiger partial charge in [-0.3, -0.25) is 4.79 Å². The zero-order chi connectivity index (χ0) is 13.4. The second-order valence-electron chi connectivity index (χ2n) is 4.36. The first kappa shape index (κ1) is 13.8. The molecule has 1 aromatic rings. The summed E-state index contributed by atoms with van der Waals surface area (Å²) in [6.45, 7) is 4.81. The summed E-state index contributed by atoms with van der Waals surface area (Å²) < 4.78 is 36.9. The van der Waals surface area contributed by atoms with Gasteiger partial charge in [0.2, 0.25) is 0 Å². The van der Waals surface area contributed by atoms with Crippen LogP contribution in [0.3, 0.4) is 0 Å². The Hall–Kier alpha value is -1.23. The standard InChI is InChI=1S/C12H15FO3S/c1-7(2)9-5-10(13)12(8(3)14)11(6-9)17(4,15)16/h5-7H,1-4H3. The summed E-state index contributed by atoms with van der Waals surface area (Å²) in [5.41, 5.74) is 0.213. The molecule has 0 N–H and O–H groups in total. The first-order chi connectivity index (χ1) is 7.64. The number of rotatable bonds is 3. The number of carbonyl (C=O) groups excluding carboxylic acids is 1. The van der Waals surface area contributed by atoms with Crippen LogP contribution >= 0.6 is 0 Å². The molecule has 0 aromatic heterocycles. The van der Waals surface area contributed by atoms with Crippen molar-refractivity contribution in [3.05, 3.63) is 29.1 Å². The highest BCUT2D eigenvalue weighted by Crippen LogP contribution is 2.25. The Kier molecular flexibility index (Phi) is 3.71. The molecule has 1 aromatic carbocycles. The smallest absolute Gasteiger partial charge is 0.176 e. The molecule has 0 fully saturated rings. The molecule has 0 saturated carbocycles. The second-order valence-corrected chi connectivity index (χ2v) is 6.34. The van der Waals surface area contributed by atoms with E-state index in [0.717, 1.165) is 13.2 Å². The molecule has 0 spiro atoms. The molecule has 0 unspecified atom stereocenters. The molecule has 5 heteroatoms. The molecular weight excluding hydrogens is 243 g/mol. The third-order valence-electron chi connectivity index (χ3n) is 2.49. The minimum atomic E-state index is -3.62. The molecular formula is C12H15FO3S. The van der Waals surface area contributed by atoms with Crippen molar-refractivity contribution >= 4 is 15.6 Å². The van der Waals surface area contributed by atoms with Gasteiger partial charge in [-0.05, 0) is 30.5 Å². The summed E-state index contributed by atoms with van der Waals surface area (Å²) in [6, 6.07) is 2.59. The van der Waals surface area contributed by atoms with E-state index in [1.807, 2.05) is 13.8 Å². The van der Waals surface area contributed by atoms with Gasteiger partial charge in [0.25, 0.3) is 0 Å². The molecule has 0 aliphatic rings. The van der Waals surface area contributed by atoms with Crippen LogP contribution in [0.5, 0.6) is 0 Å². The Morgan fingerprint density at radius 2 is 1.82 bits per heavy atom. The van der Waals surface area contributed by atoms with Crippen molar-refractivity contribution in [2.45, 2.75) is 31.6 Å². The van der Waals surface area contributed by atoms with Crippen LogP contribution in [-0.4, -0.2) is 20.5 Å². The van der Waals surface area contributed by atoms with Crippen LogP contribution in [0.25, 0.3) is 0 Å². The molecule has 17 heavy (non-hydrogen) atoms. The number of hydrogen-bond acceptors (Lipinski definition) is 3. The molecule has 94 valence electrons. The van der Waals surface area contributed by atoms with Gasteiger partial charge >= 0.3 is 0 Å². The van der Waals surface area contributed by atoms with Crippen LogP contribution in [0, 0.1) is 5.82 Å². The number of halogens is 1. The Bertz CT molecular complexity index is 559. The second kappa shape index (κ2) is 4.56. The number of benzene rings is 1. The fourth-order valence-corrected chi connectivity index (χ4v) is 2.53. The van der Waals surface area contributed by atoms with Crippen molar-refractivity contribution in [1.82, 2.24) is 0 Å². The van der Waals surface area contributed by atoms with Crippen LogP contribution in [0.4, 0.5) is 4.39 Å². The normalized spacial score (nSPS) is 11.9. The van der Waals surface area contributed by atoms with Crippen LogP contribution in [0.2, 0.25) is 0 Å². The number of carbonyl (C=O) groups is 1. The fourth-order valence-electron chi connectivity index (χ4n) is 1.57. The van der Waals surface area contributed by atoms with Gasteiger partial charge in [-0.25, -0.2) is 12.8 Å². The van der Waals surface area contributed by atoms with Gasteiger partial charge in [-0.2, -0.15) is 0 Å². The summed E-state index contributed by atoms with van der Waals surface area (Å²) in [4.78, 5) is 11.1. The summed E-state index contributed by atoms with van der Waals surface area (Å²) in [5, 5.41) is 0. The number of Topliss-reactive ketones (excluding diaryl/α,β-unsaturated/α-hetero) is 1. The third kappa shape index (κ3) is 2.91. The summed E-state index contributed by atoms with van der Waals surface area (Å²) in [7, 11) is -3.62. The predicted octanol–water partition coefficient (Wildman–Crippen LogP) is 2.56. The molecule has 3 nitrogen and oxygen atoms in total. The highest BCUT2D eigenvalue weighted by Gasteiger charge is 2.22. The van der Waals surface area contributed by atoms with Crippen molar-refractivity contribution in [2.75, 3.05) is 6.26 Å². The minimum Gasteiger partial charge on any atom is -0.294 e. The van der Waals surface area contributed by atoms with Gasteiger partial charge < -0.3 is 0 Å². The average molecular weight is 258 g/mol. The molecule has 0 radical (unpaired) electrons. The Balaban J connectivity index is 3.69. The molecule has 0 heterocycles. The van der Waals surface area contributed by atoms with E-state index < -0.39 is 21.4 Å². The van der Waals surface area contributed by atoms with E-state index in [1.54, 1.807) is 0 Å². The summed E-state index contributed by atoms with van der Waals surface area (Å²) in [6.07, 6.45) is 0.971. The highest BCUT2D eigenvalue weighted by molar-refractivity contribution is 7.90. The lowest BCUT2D eigenvalue weighted by Crippen LogP contribution is -2.10. The number of hydrogen-bond donors (Lipinski definition) is 0. The van der Waals surface area contributed by atoms with Crippen LogP contribution in [0.15, 0.2) is 17.0 Å². The van der Waals surface area contributed by atoms with Gasteiger partial charge in [0.05, 0.1) is 10.5 Å². The number of sulfone groups is 1. The maximum absolute atomic E-state index is 13.8. The van der Waals surface area contributed by atoms with Crippen molar-refractivity contribution in [1.29, 1.82) is 0 Å². The van der Waals surface area contributed by atoms with E-state index >= 15 is 0 Å². The van der Waals surface area contributed by atoms with Crippen molar-refractivity contribution in [3.63, 3.8) is 0 Å². The Morgan fingerprint density at radius 1 is 1.29 bits per heavy atom. The zero-order valence-corrected chi connectivity index (χ0v) is 11.1. The lowest BCUT2D eigenvalue weighted by Gasteiger charge is -2.12. The molecule has 0 atom stereocenters. The number of ketones is 1. The molecule has 0 bridgehead atoms. The van der Waals surface area contributed by atoms with Gasteiger partial charge in [-0.1, -0.05) is 13.8 Å². The highest BCUT2D eigenvalue weighted by atomic mass is 32.2. The topological polar surface area (TPSA) is 51.2 Å². The first-order valence-corrected chi connectivity index (χ1v) is 7.08. The van der Waals surface area contributed by atoms with Crippen molar-refractivity contribution in [2.24, 2.45) is 0 Å². The lowest BCUT2D eigenvalue weighted by atomic mass is 10.00. The van der Waals surface area contributed by atoms with Crippen LogP contribution in [0.1, 0.15) is 42.6 Å². The van der Waals surface area contributed by atoms with Crippen molar-refractivity contribution < 1.29 is 17.6 Å². The molecule has 0 aliphatic carbocycles. The molecule has 0 saturated heterocycles. The van der Waals surface area contributed by atoms with Crippen molar-refractivity contribution in [3.8, 4) is 0 Å². The van der Waals surface area contributed by atoms with E-state index in [-0.39, 0.29) is 16.4 Å². The van der Waals surface area contributed by atoms with E-state index in [2.05, 4.69) is 0 Å². The predicted molar refractivity (Wildman–Crippen MR) is 63.6 cm³/mol. The van der Waals surface area contributed by atoms with Gasteiger partial charge in [0, 0.05) is 6.26 Å². The SMILES string of the molecule is CC(=O)c1c(F)cc(C(C)C)cc1S(C)(=O)=O. The monoisotopic (exact) mass is 258 g/mol. The maximum Gasteiger partial charge on any atom is 0.176 e. The van der Waals surface area contributed by atoms with Crippen LogP contribution in [-0.2, 0) is 9.84 Å². The Morgan fingerprint density at radius 3 is 2.18 bits per heavy atom. The van der Waals surface area contributed by atoms with E-state index in [1.165, 1.54) is 12.1 Å². The zero-order valence-electron chi connectivity index (χ0n) is 10.2. The van der Waals surface area contributed by atoms with Gasteiger partial charge in [0.1, 0.15) is 5.82 Å². The summed E-state index contributed by atoms with van der Waals surface area (Å²) >= 11 is 0. The van der Waals surface area contributed by atoms with E-state index in [4.69, 9.17) is 0 Å². The van der Waals surface area contributed by atoms with Crippen LogP contribution < -0.4 is 0 Å². The third-order valence-corrected chi connectivity index (χ3v) is 3.62. The molecule has 0 aliphatic heterocycles. The van der Waals surface area contributed by atoms with E-state index in [9.17, 15) is 17.6 Å². The summed E-state index contributed by atoms with van der Waals surface area (Å²) in [5.74, 6) is -1.37. The van der Waals surface area contributed by atoms with Gasteiger partial charge in [0.15, 0.2) is 15.6 Å². The lowest BCUT2D eigenvalue weighted by molar-refractivity contribution is 0.101. The quantitative estimate of drug-likeness (QED) is 0.783. The molecule has 1 rings (SSSR count). The largest absolute Gasteiger partial charge is 0.294 e. The minimum absolute atomic E-state index is 0.00833. The first-order valence-electron chi connectivity index (χ1n) is 5.19. The van der Waals surface area contributed by atoms with E-state index in [0.29, 0.717) is 5.56 Å². The maximum atomic E-state index is 13.8. The average Bonchev–Trinajstić information content (AvgIpc) is 2.14.